The van der Waals surface area contributed by atoms with Crippen LogP contribution in [0, 0.1) is 29.4 Å². The van der Waals surface area contributed by atoms with Crippen molar-refractivity contribution in [1.82, 2.24) is 34.4 Å². The van der Waals surface area contributed by atoms with E-state index >= 15 is 8.78 Å². The summed E-state index contributed by atoms with van der Waals surface area (Å²) in [4.78, 5) is 19.9. The molecule has 5 heterocycles. The average molecular weight is 779 g/mol. The Labute approximate surface area is 332 Å². The van der Waals surface area contributed by atoms with Crippen LogP contribution in [0.15, 0.2) is 30.5 Å². The number of terminal acetylenes is 1. The van der Waals surface area contributed by atoms with Crippen LogP contribution in [0.1, 0.15) is 51.5 Å². The van der Waals surface area contributed by atoms with Crippen molar-refractivity contribution in [2.75, 3.05) is 78.1 Å². The molecule has 2 atom stereocenters. The fraction of sp³-hybridized carbons (Fsp3) is 0.523. The van der Waals surface area contributed by atoms with Gasteiger partial charge in [-0.15, -0.1) is 6.42 Å². The zero-order valence-electron chi connectivity index (χ0n) is 33.6. The predicted molar refractivity (Wildman–Crippen MR) is 219 cm³/mol. The lowest BCUT2D eigenvalue weighted by Gasteiger charge is -2.46. The van der Waals surface area contributed by atoms with E-state index < -0.39 is 11.6 Å². The van der Waals surface area contributed by atoms with Gasteiger partial charge in [0.25, 0.3) is 0 Å². The number of phenols is 1. The molecule has 3 saturated heterocycles. The first-order valence-electron chi connectivity index (χ1n) is 20.2. The van der Waals surface area contributed by atoms with E-state index in [1.54, 1.807) is 18.8 Å². The maximum Gasteiger partial charge on any atom is 0.319 e. The molecule has 1 saturated carbocycles. The number of nitrogens with zero attached hydrogens (tertiary/aromatic N) is 8. The second kappa shape index (κ2) is 14.3. The second-order valence-corrected chi connectivity index (χ2v) is 17.6. The molecule has 3 aromatic carbocycles. The fourth-order valence-corrected chi connectivity index (χ4v) is 9.82. The molecule has 5 aromatic rings. The Morgan fingerprint density at radius 3 is 2.47 bits per heavy atom. The largest absolute Gasteiger partial charge is 0.508 e. The molecule has 9 rings (SSSR count). The van der Waals surface area contributed by atoms with Crippen LogP contribution in [0.4, 0.5) is 14.6 Å². The number of hydrogen-bond acceptors (Lipinski definition) is 10. The summed E-state index contributed by atoms with van der Waals surface area (Å²) in [6.07, 6.45) is 12.8. The Bertz CT molecular complexity index is 2410. The van der Waals surface area contributed by atoms with E-state index in [0.717, 1.165) is 77.9 Å². The highest BCUT2D eigenvalue weighted by Crippen LogP contribution is 2.49. The molecule has 11 nitrogen and oxygen atoms in total. The number of fused-ring (bicyclic) bond motifs is 6. The van der Waals surface area contributed by atoms with Gasteiger partial charge in [-0.25, -0.2) is 8.78 Å². The molecule has 300 valence electrons. The van der Waals surface area contributed by atoms with Gasteiger partial charge in [0, 0.05) is 112 Å². The lowest BCUT2D eigenvalue weighted by molar-refractivity contribution is 0.0237. The summed E-state index contributed by atoms with van der Waals surface area (Å²) in [7, 11) is 5.71. The van der Waals surface area contributed by atoms with E-state index in [1.807, 2.05) is 6.20 Å². The number of aromatic hydroxyl groups is 1. The van der Waals surface area contributed by atoms with Gasteiger partial charge < -0.3 is 19.5 Å². The normalized spacial score (nSPS) is 22.2. The Kier molecular flexibility index (Phi) is 9.54. The number of rotatable bonds is 11. The van der Waals surface area contributed by atoms with Gasteiger partial charge in [-0.2, -0.15) is 15.1 Å². The van der Waals surface area contributed by atoms with Crippen molar-refractivity contribution >= 4 is 38.4 Å². The first-order chi connectivity index (χ1) is 27.4. The lowest BCUT2D eigenvalue weighted by Crippen LogP contribution is -2.58. The number of aromatic nitrogens is 4. The van der Waals surface area contributed by atoms with Crippen molar-refractivity contribution in [3.63, 3.8) is 0 Å². The number of piperazine rings is 2. The first-order valence-corrected chi connectivity index (χ1v) is 20.2. The fourth-order valence-electron chi connectivity index (χ4n) is 9.82. The van der Waals surface area contributed by atoms with E-state index in [4.69, 9.17) is 31.0 Å². The molecule has 1 N–H and O–H groups in total. The Morgan fingerprint density at radius 2 is 1.77 bits per heavy atom. The number of likely N-dealkylation sites (N-methyl/N-ethyl adjacent to an activating group) is 1. The number of aryl methyl sites for hydroxylation is 1. The highest BCUT2D eigenvalue weighted by Gasteiger charge is 2.47. The standard InChI is InChI=1S/C44H52F2N8O3/c1-7-31-34(45)12-9-27-19-30(55)20-32(35(27)31)36-38(46)40-37(33-23-51(5)49-39(33)36)41(54-28-10-11-29(54)22-52(21-28)15-8-18-56-6)48-42(47-40)57-26-44(13-14-44)25-53-17-16-50(4)43(2,3)24-53/h1,9,12,19-20,23,28-29,55H,8,10-11,13-18,21-22,24-26H2,2-6H3. The third-order valence-corrected chi connectivity index (χ3v) is 13.1. The predicted octanol–water partition coefficient (Wildman–Crippen LogP) is 6.18. The number of phenolic OH excluding ortho intramolecular Hbond substituents is 1. The molecule has 2 aromatic heterocycles. The summed E-state index contributed by atoms with van der Waals surface area (Å²) in [6, 6.07) is 6.20. The number of ether oxygens (including phenoxy) is 2. The minimum Gasteiger partial charge on any atom is -0.508 e. The molecule has 4 fully saturated rings. The van der Waals surface area contributed by atoms with Crippen molar-refractivity contribution in [2.45, 2.75) is 63.6 Å². The van der Waals surface area contributed by atoms with Gasteiger partial charge in [0.1, 0.15) is 28.4 Å². The summed E-state index contributed by atoms with van der Waals surface area (Å²) in [5.41, 5.74) is 0.797. The molecule has 0 amide bonds. The quantitative estimate of drug-likeness (QED) is 0.124. The zero-order chi connectivity index (χ0) is 39.8. The minimum atomic E-state index is -0.657. The van der Waals surface area contributed by atoms with Crippen LogP contribution < -0.4 is 9.64 Å². The summed E-state index contributed by atoms with van der Waals surface area (Å²) in [6.45, 7) is 12.3. The number of methoxy groups -OCH3 is 1. The zero-order valence-corrected chi connectivity index (χ0v) is 33.6. The number of anilines is 1. The summed E-state index contributed by atoms with van der Waals surface area (Å²) in [5.74, 6) is 1.74. The van der Waals surface area contributed by atoms with Crippen molar-refractivity contribution < 1.29 is 23.4 Å². The maximum atomic E-state index is 17.9. The molecule has 2 unspecified atom stereocenters. The highest BCUT2D eigenvalue weighted by molar-refractivity contribution is 6.18. The van der Waals surface area contributed by atoms with Gasteiger partial charge in [0.2, 0.25) is 0 Å². The molecule has 13 heteroatoms. The van der Waals surface area contributed by atoms with E-state index in [9.17, 15) is 5.11 Å². The Morgan fingerprint density at radius 1 is 1.00 bits per heavy atom. The van der Waals surface area contributed by atoms with Crippen LogP contribution in [0.3, 0.4) is 0 Å². The van der Waals surface area contributed by atoms with Crippen LogP contribution in [0.2, 0.25) is 0 Å². The topological polar surface area (TPSA) is 95.3 Å². The molecule has 0 spiro atoms. The molecule has 3 aliphatic heterocycles. The van der Waals surface area contributed by atoms with E-state index in [2.05, 4.69) is 46.4 Å². The van der Waals surface area contributed by atoms with Gasteiger partial charge in [-0.3, -0.25) is 19.4 Å². The van der Waals surface area contributed by atoms with Crippen molar-refractivity contribution in [1.29, 1.82) is 0 Å². The molecule has 4 aliphatic rings. The SMILES string of the molecule is C#Cc1c(F)ccc2cc(O)cc(-c3c(F)c4nc(OCC5(CN6CCN(C)C(C)(C)C6)CC5)nc(N5C6CCC5CN(CCCOC)C6)c4c4cn(C)nc34)c12. The Balaban J connectivity index is 1.18. The van der Waals surface area contributed by atoms with Crippen LogP contribution in [-0.4, -0.2) is 130 Å². The Hall–Kier alpha value is -4.61. The van der Waals surface area contributed by atoms with Gasteiger partial charge >= 0.3 is 6.01 Å². The van der Waals surface area contributed by atoms with Crippen LogP contribution >= 0.6 is 0 Å². The monoisotopic (exact) mass is 778 g/mol. The van der Waals surface area contributed by atoms with Gasteiger partial charge in [0.15, 0.2) is 5.82 Å². The van der Waals surface area contributed by atoms with Gasteiger partial charge in [0.05, 0.1) is 17.6 Å². The average Bonchev–Trinajstić information content (AvgIpc) is 3.75. The summed E-state index contributed by atoms with van der Waals surface area (Å²) in [5, 5.41) is 17.8. The third kappa shape index (κ3) is 6.74. The van der Waals surface area contributed by atoms with Crippen LogP contribution in [0.25, 0.3) is 43.7 Å². The third-order valence-electron chi connectivity index (χ3n) is 13.1. The van der Waals surface area contributed by atoms with Gasteiger partial charge in [-0.05, 0) is 82.1 Å². The first kappa shape index (κ1) is 37.9. The molecular formula is C44H52F2N8O3. The molecule has 57 heavy (non-hydrogen) atoms. The summed E-state index contributed by atoms with van der Waals surface area (Å²) >= 11 is 0. The molecular weight excluding hydrogens is 727 g/mol. The lowest BCUT2D eigenvalue weighted by atomic mass is 9.91. The highest BCUT2D eigenvalue weighted by atomic mass is 19.1. The molecule has 1 aliphatic carbocycles. The number of halogens is 2. The minimum absolute atomic E-state index is 0.0168. The number of hydrogen-bond donors (Lipinski definition) is 1. The van der Waals surface area contributed by atoms with Crippen molar-refractivity contribution in [2.24, 2.45) is 12.5 Å². The molecule has 0 radical (unpaired) electrons. The smallest absolute Gasteiger partial charge is 0.319 e. The summed E-state index contributed by atoms with van der Waals surface area (Å²) < 4.78 is 46.8. The van der Waals surface area contributed by atoms with Gasteiger partial charge in [-0.1, -0.05) is 12.0 Å². The van der Waals surface area contributed by atoms with Crippen molar-refractivity contribution in [3.8, 4) is 35.2 Å². The van der Waals surface area contributed by atoms with Crippen LogP contribution in [0.5, 0.6) is 11.8 Å². The number of likely N-dealkylation sites (tertiary alicyclic amines) is 1. The molecule has 2 bridgehead atoms. The van der Waals surface area contributed by atoms with E-state index in [0.29, 0.717) is 46.1 Å². The van der Waals surface area contributed by atoms with Crippen LogP contribution in [-0.2, 0) is 11.8 Å². The van der Waals surface area contributed by atoms with Crippen molar-refractivity contribution in [3.05, 3.63) is 47.7 Å². The second-order valence-electron chi connectivity index (χ2n) is 17.6. The maximum absolute atomic E-state index is 17.9. The van der Waals surface area contributed by atoms with E-state index in [1.165, 1.54) is 24.3 Å². The van der Waals surface area contributed by atoms with E-state index in [-0.39, 0.29) is 57.0 Å². The number of benzene rings is 3.